The van der Waals surface area contributed by atoms with Gasteiger partial charge in [0.25, 0.3) is 0 Å². The summed E-state index contributed by atoms with van der Waals surface area (Å²) < 4.78 is 5.63. The van der Waals surface area contributed by atoms with E-state index in [4.69, 9.17) is 4.74 Å². The van der Waals surface area contributed by atoms with Gasteiger partial charge < -0.3 is 9.64 Å². The average Bonchev–Trinajstić information content (AvgIpc) is 2.88. The standard InChI is InChI=1S/C20H24N2O2/c1-21-16-9-7-15(20(21)23)11-22(12-16)13-18-17-6-4-3-5-14(17)8-10-19(18)24-2/h3-6,8,10,15-16H,7,9,11-13H2,1-2H3/t15-,16+/m0/s1. The lowest BCUT2D eigenvalue weighted by Gasteiger charge is -2.32. The number of carbonyl (C=O) groups excluding carboxylic acids is 1. The van der Waals surface area contributed by atoms with E-state index >= 15 is 0 Å². The van der Waals surface area contributed by atoms with Crippen molar-refractivity contribution in [1.29, 1.82) is 0 Å². The minimum absolute atomic E-state index is 0.148. The molecule has 0 spiro atoms. The molecule has 3 heterocycles. The molecule has 3 saturated heterocycles. The van der Waals surface area contributed by atoms with Crippen LogP contribution in [0.1, 0.15) is 18.4 Å². The Morgan fingerprint density at radius 1 is 1.12 bits per heavy atom. The van der Waals surface area contributed by atoms with E-state index in [1.165, 1.54) is 16.3 Å². The fourth-order valence-electron chi connectivity index (χ4n) is 4.27. The van der Waals surface area contributed by atoms with Crippen LogP contribution in [0.5, 0.6) is 5.75 Å². The topological polar surface area (TPSA) is 32.8 Å². The largest absolute Gasteiger partial charge is 0.496 e. The number of carbonyl (C=O) groups is 1. The van der Waals surface area contributed by atoms with Crippen LogP contribution in [0.15, 0.2) is 36.4 Å². The van der Waals surface area contributed by atoms with E-state index < -0.39 is 0 Å². The van der Waals surface area contributed by atoms with Crippen LogP contribution in [0.4, 0.5) is 0 Å². The van der Waals surface area contributed by atoms with Crippen molar-refractivity contribution in [2.75, 3.05) is 27.2 Å². The minimum Gasteiger partial charge on any atom is -0.496 e. The third-order valence-electron chi connectivity index (χ3n) is 5.64. The Morgan fingerprint density at radius 2 is 1.96 bits per heavy atom. The highest BCUT2D eigenvalue weighted by Crippen LogP contribution is 2.33. The van der Waals surface area contributed by atoms with Gasteiger partial charge in [-0.3, -0.25) is 9.69 Å². The fourth-order valence-corrected chi connectivity index (χ4v) is 4.27. The molecule has 2 aromatic carbocycles. The molecule has 1 amide bonds. The van der Waals surface area contributed by atoms with Crippen LogP contribution in [0.25, 0.3) is 10.8 Å². The van der Waals surface area contributed by atoms with E-state index in [2.05, 4.69) is 41.3 Å². The SMILES string of the molecule is COc1ccc2ccccc2c1CN1C[C@@H]2CC[C@H](C1)N(C)C2=O. The van der Waals surface area contributed by atoms with Crippen molar-refractivity contribution in [2.24, 2.45) is 5.92 Å². The van der Waals surface area contributed by atoms with E-state index in [-0.39, 0.29) is 5.92 Å². The first-order valence-corrected chi connectivity index (χ1v) is 8.71. The molecule has 3 aliphatic heterocycles. The second kappa shape index (κ2) is 6.10. The van der Waals surface area contributed by atoms with Gasteiger partial charge in [-0.2, -0.15) is 0 Å². The van der Waals surface area contributed by atoms with Crippen LogP contribution in [0, 0.1) is 5.92 Å². The lowest BCUT2D eigenvalue weighted by atomic mass is 9.95. The number of hydrogen-bond donors (Lipinski definition) is 0. The third kappa shape index (κ3) is 2.55. The number of amides is 1. The van der Waals surface area contributed by atoms with Gasteiger partial charge in [-0.05, 0) is 29.7 Å². The number of fused-ring (bicyclic) bond motifs is 5. The summed E-state index contributed by atoms with van der Waals surface area (Å²) in [5.74, 6) is 1.40. The Morgan fingerprint density at radius 3 is 2.79 bits per heavy atom. The summed E-state index contributed by atoms with van der Waals surface area (Å²) in [6.45, 7) is 2.63. The summed E-state index contributed by atoms with van der Waals surface area (Å²) in [5.41, 5.74) is 1.23. The van der Waals surface area contributed by atoms with Crippen molar-refractivity contribution in [3.63, 3.8) is 0 Å². The average molecular weight is 324 g/mol. The first-order valence-electron chi connectivity index (χ1n) is 8.71. The van der Waals surface area contributed by atoms with Crippen molar-refractivity contribution in [3.8, 4) is 5.75 Å². The summed E-state index contributed by atoms with van der Waals surface area (Å²) in [4.78, 5) is 16.8. The maximum Gasteiger partial charge on any atom is 0.227 e. The molecule has 0 saturated carbocycles. The highest BCUT2D eigenvalue weighted by Gasteiger charge is 2.38. The molecule has 3 fully saturated rings. The van der Waals surface area contributed by atoms with Crippen LogP contribution in [-0.4, -0.2) is 49.0 Å². The van der Waals surface area contributed by atoms with Gasteiger partial charge in [0.15, 0.2) is 0 Å². The van der Waals surface area contributed by atoms with Crippen molar-refractivity contribution in [3.05, 3.63) is 42.0 Å². The normalized spacial score (nSPS) is 24.4. The molecule has 126 valence electrons. The monoisotopic (exact) mass is 324 g/mol. The molecular formula is C20H24N2O2. The lowest BCUT2D eigenvalue weighted by Crippen LogP contribution is -2.45. The molecule has 0 aliphatic carbocycles. The summed E-state index contributed by atoms with van der Waals surface area (Å²) in [6, 6.07) is 13.0. The molecule has 0 unspecified atom stereocenters. The Kier molecular flexibility index (Phi) is 3.93. The lowest BCUT2D eigenvalue weighted by molar-refractivity contribution is -0.138. The van der Waals surface area contributed by atoms with E-state index in [0.29, 0.717) is 11.9 Å². The fraction of sp³-hybridized carbons (Fsp3) is 0.450. The number of methoxy groups -OCH3 is 1. The number of piperidine rings is 1. The summed E-state index contributed by atoms with van der Waals surface area (Å²) in [7, 11) is 3.69. The van der Waals surface area contributed by atoms with Crippen molar-refractivity contribution >= 4 is 16.7 Å². The van der Waals surface area contributed by atoms with E-state index in [0.717, 1.165) is 38.2 Å². The minimum atomic E-state index is 0.148. The number of benzene rings is 2. The number of nitrogens with zero attached hydrogens (tertiary/aromatic N) is 2. The van der Waals surface area contributed by atoms with Gasteiger partial charge in [0.05, 0.1) is 13.0 Å². The zero-order valence-electron chi connectivity index (χ0n) is 14.4. The van der Waals surface area contributed by atoms with Crippen LogP contribution < -0.4 is 4.74 Å². The van der Waals surface area contributed by atoms with Gasteiger partial charge in [0, 0.05) is 38.3 Å². The maximum atomic E-state index is 12.4. The maximum absolute atomic E-state index is 12.4. The molecule has 0 aromatic heterocycles. The van der Waals surface area contributed by atoms with Crippen LogP contribution in [-0.2, 0) is 11.3 Å². The summed E-state index contributed by atoms with van der Waals surface area (Å²) >= 11 is 0. The molecule has 0 radical (unpaired) electrons. The van der Waals surface area contributed by atoms with Gasteiger partial charge in [0.1, 0.15) is 5.75 Å². The van der Waals surface area contributed by atoms with E-state index in [9.17, 15) is 4.79 Å². The van der Waals surface area contributed by atoms with Gasteiger partial charge >= 0.3 is 0 Å². The second-order valence-electron chi connectivity index (χ2n) is 7.04. The molecule has 4 heteroatoms. The molecule has 2 atom stereocenters. The first kappa shape index (κ1) is 15.5. The molecule has 24 heavy (non-hydrogen) atoms. The third-order valence-corrected chi connectivity index (χ3v) is 5.64. The smallest absolute Gasteiger partial charge is 0.227 e. The van der Waals surface area contributed by atoms with Gasteiger partial charge in [-0.1, -0.05) is 30.3 Å². The summed E-state index contributed by atoms with van der Waals surface area (Å²) in [5, 5.41) is 2.48. The van der Waals surface area contributed by atoms with E-state index in [1.54, 1.807) is 7.11 Å². The zero-order chi connectivity index (χ0) is 16.7. The Balaban J connectivity index is 1.68. The molecule has 0 N–H and O–H groups in total. The predicted molar refractivity (Wildman–Crippen MR) is 95.1 cm³/mol. The number of hydrogen-bond acceptors (Lipinski definition) is 3. The van der Waals surface area contributed by atoms with Gasteiger partial charge in [0.2, 0.25) is 5.91 Å². The Labute approximate surface area is 143 Å². The quantitative estimate of drug-likeness (QED) is 0.870. The summed E-state index contributed by atoms with van der Waals surface area (Å²) in [6.07, 6.45) is 2.15. The number of likely N-dealkylation sites (N-methyl/N-ethyl adjacent to an activating group) is 1. The first-order chi connectivity index (χ1) is 11.7. The number of rotatable bonds is 3. The molecule has 4 nitrogen and oxygen atoms in total. The van der Waals surface area contributed by atoms with E-state index in [1.807, 2.05) is 11.9 Å². The molecular weight excluding hydrogens is 300 g/mol. The van der Waals surface area contributed by atoms with Crippen LogP contribution in [0.3, 0.4) is 0 Å². The predicted octanol–water partition coefficient (Wildman–Crippen LogP) is 2.90. The Bertz CT molecular complexity index is 773. The Hall–Kier alpha value is -2.07. The molecule has 2 bridgehead atoms. The van der Waals surface area contributed by atoms with Crippen molar-refractivity contribution < 1.29 is 9.53 Å². The number of ether oxygens (including phenoxy) is 1. The molecule has 2 aromatic rings. The van der Waals surface area contributed by atoms with Gasteiger partial charge in [-0.15, -0.1) is 0 Å². The van der Waals surface area contributed by atoms with Crippen molar-refractivity contribution in [1.82, 2.24) is 9.80 Å². The molecule has 5 rings (SSSR count). The van der Waals surface area contributed by atoms with Crippen LogP contribution in [0.2, 0.25) is 0 Å². The highest BCUT2D eigenvalue weighted by atomic mass is 16.5. The van der Waals surface area contributed by atoms with Crippen LogP contribution >= 0.6 is 0 Å². The second-order valence-corrected chi connectivity index (χ2v) is 7.04. The zero-order valence-corrected chi connectivity index (χ0v) is 14.4. The van der Waals surface area contributed by atoms with Crippen molar-refractivity contribution in [2.45, 2.75) is 25.4 Å². The van der Waals surface area contributed by atoms with Gasteiger partial charge in [-0.25, -0.2) is 0 Å². The molecule has 3 aliphatic rings. The highest BCUT2D eigenvalue weighted by molar-refractivity contribution is 5.87.